The van der Waals surface area contributed by atoms with Crippen LogP contribution in [0.2, 0.25) is 0 Å². The molecule has 0 spiro atoms. The molecule has 1 atom stereocenters. The zero-order valence-electron chi connectivity index (χ0n) is 13.7. The maximum absolute atomic E-state index is 12.9. The fourth-order valence-corrected chi connectivity index (χ4v) is 3.82. The van der Waals surface area contributed by atoms with Crippen LogP contribution in [0.4, 0.5) is 4.39 Å². The van der Waals surface area contributed by atoms with Crippen LogP contribution in [0, 0.1) is 11.7 Å². The molecule has 0 bridgehead atoms. The van der Waals surface area contributed by atoms with Gasteiger partial charge in [-0.25, -0.2) is 17.5 Å². The third kappa shape index (κ3) is 5.53. The monoisotopic (exact) mass is 344 g/mol. The second kappa shape index (κ2) is 8.19. The van der Waals surface area contributed by atoms with E-state index < -0.39 is 15.8 Å². The lowest BCUT2D eigenvalue weighted by atomic mass is 10.0. The molecule has 2 rings (SSSR count). The first kappa shape index (κ1) is 18.3. The second-order valence-corrected chi connectivity index (χ2v) is 8.00. The van der Waals surface area contributed by atoms with E-state index in [4.69, 9.17) is 4.74 Å². The molecule has 130 valence electrons. The van der Waals surface area contributed by atoms with Crippen molar-refractivity contribution < 1.29 is 17.5 Å². The summed E-state index contributed by atoms with van der Waals surface area (Å²) in [6.07, 6.45) is 0.909. The quantitative estimate of drug-likeness (QED) is 0.820. The standard InChI is InChI=1S/C16H25FN2O3S/c1-13(2)11-15(19-7-9-22-10-8-19)12-18-23(20,21)16-5-3-14(17)4-6-16/h3-6,13,15,18H,7-12H2,1-2H3/t15-/m0/s1. The van der Waals surface area contributed by atoms with Crippen LogP contribution in [-0.4, -0.2) is 52.2 Å². The Kier molecular flexibility index (Phi) is 6.52. The normalized spacial score (nSPS) is 18.3. The molecule has 0 radical (unpaired) electrons. The van der Waals surface area contributed by atoms with Crippen LogP contribution in [0.3, 0.4) is 0 Å². The summed E-state index contributed by atoms with van der Waals surface area (Å²) in [6, 6.07) is 5.01. The minimum absolute atomic E-state index is 0.0872. The van der Waals surface area contributed by atoms with Crippen molar-refractivity contribution in [1.82, 2.24) is 9.62 Å². The number of hydrogen-bond acceptors (Lipinski definition) is 4. The van der Waals surface area contributed by atoms with Crippen molar-refractivity contribution in [2.75, 3.05) is 32.8 Å². The fraction of sp³-hybridized carbons (Fsp3) is 0.625. The highest BCUT2D eigenvalue weighted by molar-refractivity contribution is 7.89. The molecule has 0 aliphatic carbocycles. The van der Waals surface area contributed by atoms with Gasteiger partial charge in [-0.3, -0.25) is 4.90 Å². The number of morpholine rings is 1. The highest BCUT2D eigenvalue weighted by Gasteiger charge is 2.24. The average Bonchev–Trinajstić information content (AvgIpc) is 2.52. The van der Waals surface area contributed by atoms with Gasteiger partial charge in [-0.15, -0.1) is 0 Å². The van der Waals surface area contributed by atoms with Crippen molar-refractivity contribution >= 4 is 10.0 Å². The van der Waals surface area contributed by atoms with Gasteiger partial charge < -0.3 is 4.74 Å². The molecule has 7 heteroatoms. The second-order valence-electron chi connectivity index (χ2n) is 6.24. The van der Waals surface area contributed by atoms with E-state index in [0.29, 0.717) is 25.7 Å². The zero-order chi connectivity index (χ0) is 16.9. The number of rotatable bonds is 7. The number of halogens is 1. The number of benzene rings is 1. The molecule has 1 fully saturated rings. The predicted octanol–water partition coefficient (Wildman–Crippen LogP) is 1.85. The molecule has 0 saturated carbocycles. The van der Waals surface area contributed by atoms with Crippen molar-refractivity contribution in [3.05, 3.63) is 30.1 Å². The fourth-order valence-electron chi connectivity index (χ4n) is 2.75. The van der Waals surface area contributed by atoms with Crippen LogP contribution in [-0.2, 0) is 14.8 Å². The van der Waals surface area contributed by atoms with Gasteiger partial charge >= 0.3 is 0 Å². The maximum atomic E-state index is 12.9. The lowest BCUT2D eigenvalue weighted by Crippen LogP contribution is -2.49. The third-order valence-corrected chi connectivity index (χ3v) is 5.38. The van der Waals surface area contributed by atoms with E-state index in [1.807, 2.05) is 0 Å². The van der Waals surface area contributed by atoms with Gasteiger partial charge in [-0.05, 0) is 36.6 Å². The molecule has 0 aromatic heterocycles. The molecule has 1 aromatic carbocycles. The Bertz CT molecular complexity index is 584. The first-order valence-electron chi connectivity index (χ1n) is 7.95. The molecule has 0 unspecified atom stereocenters. The number of nitrogens with zero attached hydrogens (tertiary/aromatic N) is 1. The van der Waals surface area contributed by atoms with Gasteiger partial charge in [0.15, 0.2) is 0 Å². The molecule has 1 aliphatic heterocycles. The van der Waals surface area contributed by atoms with E-state index in [9.17, 15) is 12.8 Å². The highest BCUT2D eigenvalue weighted by Crippen LogP contribution is 2.15. The van der Waals surface area contributed by atoms with Crippen LogP contribution in [0.25, 0.3) is 0 Å². The summed E-state index contributed by atoms with van der Waals surface area (Å²) in [5.41, 5.74) is 0. The van der Waals surface area contributed by atoms with E-state index in [1.54, 1.807) is 0 Å². The number of sulfonamides is 1. The van der Waals surface area contributed by atoms with Crippen molar-refractivity contribution in [1.29, 1.82) is 0 Å². The predicted molar refractivity (Wildman–Crippen MR) is 87.2 cm³/mol. The first-order valence-corrected chi connectivity index (χ1v) is 9.44. The summed E-state index contributed by atoms with van der Waals surface area (Å²) in [7, 11) is -3.62. The molecule has 0 amide bonds. The number of ether oxygens (including phenoxy) is 1. The summed E-state index contributed by atoms with van der Waals surface area (Å²) in [6.45, 7) is 7.59. The van der Waals surface area contributed by atoms with Gasteiger partial charge in [0.05, 0.1) is 18.1 Å². The van der Waals surface area contributed by atoms with E-state index in [0.717, 1.165) is 31.6 Å². The molecular weight excluding hydrogens is 319 g/mol. The van der Waals surface area contributed by atoms with Crippen LogP contribution in [0.15, 0.2) is 29.2 Å². The van der Waals surface area contributed by atoms with Gasteiger partial charge in [0.2, 0.25) is 10.0 Å². The zero-order valence-corrected chi connectivity index (χ0v) is 14.5. The van der Waals surface area contributed by atoms with Crippen LogP contribution in [0.1, 0.15) is 20.3 Å². The van der Waals surface area contributed by atoms with Gasteiger partial charge in [0.25, 0.3) is 0 Å². The molecular formula is C16H25FN2O3S. The van der Waals surface area contributed by atoms with Crippen LogP contribution in [0.5, 0.6) is 0 Å². The van der Waals surface area contributed by atoms with E-state index in [-0.39, 0.29) is 10.9 Å². The van der Waals surface area contributed by atoms with Crippen molar-refractivity contribution in [2.45, 2.75) is 31.2 Å². The molecule has 1 N–H and O–H groups in total. The van der Waals surface area contributed by atoms with Gasteiger partial charge in [-0.2, -0.15) is 0 Å². The van der Waals surface area contributed by atoms with Crippen LogP contribution >= 0.6 is 0 Å². The summed E-state index contributed by atoms with van der Waals surface area (Å²) < 4.78 is 45.7. The number of nitrogens with one attached hydrogen (secondary N) is 1. The van der Waals surface area contributed by atoms with Crippen molar-refractivity contribution in [3.63, 3.8) is 0 Å². The van der Waals surface area contributed by atoms with E-state index >= 15 is 0 Å². The molecule has 23 heavy (non-hydrogen) atoms. The van der Waals surface area contributed by atoms with Gasteiger partial charge in [0, 0.05) is 25.7 Å². The third-order valence-electron chi connectivity index (χ3n) is 3.94. The largest absolute Gasteiger partial charge is 0.379 e. The van der Waals surface area contributed by atoms with E-state index in [1.165, 1.54) is 12.1 Å². The molecule has 5 nitrogen and oxygen atoms in total. The molecule has 1 aliphatic rings. The summed E-state index contributed by atoms with van der Waals surface area (Å²) >= 11 is 0. The Morgan fingerprint density at radius 1 is 1.22 bits per heavy atom. The minimum atomic E-state index is -3.62. The first-order chi connectivity index (χ1) is 10.9. The van der Waals surface area contributed by atoms with Gasteiger partial charge in [-0.1, -0.05) is 13.8 Å². The van der Waals surface area contributed by atoms with Crippen LogP contribution < -0.4 is 4.72 Å². The van der Waals surface area contributed by atoms with E-state index in [2.05, 4.69) is 23.5 Å². The Morgan fingerprint density at radius 3 is 2.39 bits per heavy atom. The topological polar surface area (TPSA) is 58.6 Å². The highest BCUT2D eigenvalue weighted by atomic mass is 32.2. The van der Waals surface area contributed by atoms with Crippen molar-refractivity contribution in [2.24, 2.45) is 5.92 Å². The Balaban J connectivity index is 2.02. The lowest BCUT2D eigenvalue weighted by molar-refractivity contribution is 0.0134. The molecule has 1 saturated heterocycles. The van der Waals surface area contributed by atoms with Crippen molar-refractivity contribution in [3.8, 4) is 0 Å². The lowest BCUT2D eigenvalue weighted by Gasteiger charge is -2.35. The summed E-state index contributed by atoms with van der Waals surface area (Å²) in [4.78, 5) is 2.36. The molecule has 1 aromatic rings. The Hall–Kier alpha value is -1.02. The SMILES string of the molecule is CC(C)C[C@@H](CNS(=O)(=O)c1ccc(F)cc1)N1CCOCC1. The smallest absolute Gasteiger partial charge is 0.240 e. The molecule has 1 heterocycles. The maximum Gasteiger partial charge on any atom is 0.240 e. The number of hydrogen-bond donors (Lipinski definition) is 1. The summed E-state index contributed by atoms with van der Waals surface area (Å²) in [5.74, 6) is 0.0214. The minimum Gasteiger partial charge on any atom is -0.379 e. The van der Waals surface area contributed by atoms with Gasteiger partial charge in [0.1, 0.15) is 5.82 Å². The Labute approximate surface area is 137 Å². The summed E-state index contributed by atoms with van der Waals surface area (Å²) in [5, 5.41) is 0. The average molecular weight is 344 g/mol. The Morgan fingerprint density at radius 2 is 1.83 bits per heavy atom.